The minimum Gasteiger partial charge on any atom is -0.267 e. The molecule has 1 aromatic rings. The molecule has 102 valence electrons. The molecule has 0 aliphatic heterocycles. The first-order valence-corrected chi connectivity index (χ1v) is 7.12. The van der Waals surface area contributed by atoms with Crippen LogP contribution in [0.25, 0.3) is 0 Å². The first kappa shape index (κ1) is 14.4. The number of nitrogens with one attached hydrogen (secondary N) is 1. The summed E-state index contributed by atoms with van der Waals surface area (Å²) in [7, 11) is 0. The van der Waals surface area contributed by atoms with Gasteiger partial charge in [-0.15, -0.1) is 0 Å². The highest BCUT2D eigenvalue weighted by atomic mass is 35.5. The van der Waals surface area contributed by atoms with E-state index in [4.69, 9.17) is 23.2 Å². The largest absolute Gasteiger partial charge is 0.272 e. The van der Waals surface area contributed by atoms with Crippen LogP contribution < -0.4 is 5.43 Å². The van der Waals surface area contributed by atoms with Gasteiger partial charge in [0.15, 0.2) is 0 Å². The molecule has 1 aliphatic carbocycles. The molecule has 0 aromatic heterocycles. The molecule has 0 saturated heterocycles. The summed E-state index contributed by atoms with van der Waals surface area (Å²) in [4.78, 5) is 12.0. The predicted octanol–water partition coefficient (Wildman–Crippen LogP) is 4.29. The van der Waals surface area contributed by atoms with Crippen molar-refractivity contribution in [1.82, 2.24) is 5.43 Å². The van der Waals surface area contributed by atoms with E-state index in [9.17, 15) is 4.79 Å². The van der Waals surface area contributed by atoms with Crippen molar-refractivity contribution in [2.24, 2.45) is 11.0 Å². The van der Waals surface area contributed by atoms with Crippen LogP contribution in [0.3, 0.4) is 0 Å². The first-order valence-electron chi connectivity index (χ1n) is 6.37. The van der Waals surface area contributed by atoms with Gasteiger partial charge in [0, 0.05) is 10.7 Å². The van der Waals surface area contributed by atoms with Crippen LogP contribution in [0.2, 0.25) is 10.0 Å². The van der Waals surface area contributed by atoms with E-state index in [-0.39, 0.29) is 5.91 Å². The third-order valence-corrected chi connectivity index (χ3v) is 3.79. The molecule has 0 spiro atoms. The topological polar surface area (TPSA) is 41.5 Å². The van der Waals surface area contributed by atoms with Crippen LogP contribution in [-0.2, 0) is 0 Å². The molecule has 1 aromatic carbocycles. The lowest BCUT2D eigenvalue weighted by Gasteiger charge is -2.19. The lowest BCUT2D eigenvalue weighted by Crippen LogP contribution is -2.22. The molecule has 0 unspecified atom stereocenters. The summed E-state index contributed by atoms with van der Waals surface area (Å²) in [6, 6.07) is 4.79. The number of benzene rings is 1. The molecule has 1 fully saturated rings. The molecule has 1 aliphatic rings. The lowest BCUT2D eigenvalue weighted by molar-refractivity contribution is 0.0954. The Morgan fingerprint density at radius 1 is 1.42 bits per heavy atom. The summed E-state index contributed by atoms with van der Waals surface area (Å²) >= 11 is 11.8. The van der Waals surface area contributed by atoms with E-state index in [1.807, 2.05) is 0 Å². The monoisotopic (exact) mass is 298 g/mol. The van der Waals surface area contributed by atoms with Crippen molar-refractivity contribution in [2.45, 2.75) is 32.6 Å². The summed E-state index contributed by atoms with van der Waals surface area (Å²) in [5, 5.41) is 5.04. The van der Waals surface area contributed by atoms with Crippen LogP contribution in [0.4, 0.5) is 0 Å². The second-order valence-corrected chi connectivity index (χ2v) is 5.79. The maximum Gasteiger partial charge on any atom is 0.272 e. The van der Waals surface area contributed by atoms with E-state index >= 15 is 0 Å². The Labute approximate surface area is 123 Å². The van der Waals surface area contributed by atoms with Crippen LogP contribution in [-0.4, -0.2) is 11.6 Å². The fourth-order valence-electron chi connectivity index (χ4n) is 2.23. The van der Waals surface area contributed by atoms with Crippen molar-refractivity contribution in [2.75, 3.05) is 0 Å². The Hall–Kier alpha value is -1.06. The quantitative estimate of drug-likeness (QED) is 0.813. The number of carbonyl (C=O) groups excluding carboxylic acids is 1. The van der Waals surface area contributed by atoms with Crippen LogP contribution in [0.15, 0.2) is 23.3 Å². The first-order chi connectivity index (χ1) is 9.06. The molecule has 1 atom stereocenters. The van der Waals surface area contributed by atoms with Crippen molar-refractivity contribution in [3.8, 4) is 0 Å². The van der Waals surface area contributed by atoms with Gasteiger partial charge in [0.05, 0.1) is 10.6 Å². The SMILES string of the molecule is C[C@H]1CCC/C(=N\NC(=O)c2ccc(Cl)cc2Cl)C1. The van der Waals surface area contributed by atoms with Gasteiger partial charge in [0.2, 0.25) is 0 Å². The number of amides is 1. The Balaban J connectivity index is 2.03. The van der Waals surface area contributed by atoms with Gasteiger partial charge in [-0.1, -0.05) is 30.1 Å². The Kier molecular flexibility index (Phi) is 4.83. The molecule has 1 amide bonds. The van der Waals surface area contributed by atoms with Crippen LogP contribution in [0.1, 0.15) is 43.0 Å². The second kappa shape index (κ2) is 6.40. The maximum atomic E-state index is 12.0. The number of carbonyl (C=O) groups is 1. The number of nitrogens with zero attached hydrogens (tertiary/aromatic N) is 1. The molecule has 1 N–H and O–H groups in total. The van der Waals surface area contributed by atoms with E-state index in [2.05, 4.69) is 17.5 Å². The third-order valence-electron chi connectivity index (χ3n) is 3.24. The standard InChI is InChI=1S/C14H16Cl2N2O/c1-9-3-2-4-11(7-9)17-18-14(19)12-6-5-10(15)8-13(12)16/h5-6,8-9H,2-4,7H2,1H3,(H,18,19)/b17-11+/t9-/m0/s1. The van der Waals surface area contributed by atoms with Gasteiger partial charge in [0.25, 0.3) is 5.91 Å². The fourth-order valence-corrected chi connectivity index (χ4v) is 2.72. The summed E-state index contributed by atoms with van der Waals surface area (Å²) in [5.74, 6) is 0.343. The van der Waals surface area contributed by atoms with Gasteiger partial charge in [0.1, 0.15) is 0 Å². The number of hydrogen-bond donors (Lipinski definition) is 1. The molecule has 3 nitrogen and oxygen atoms in total. The van der Waals surface area contributed by atoms with Crippen LogP contribution >= 0.6 is 23.2 Å². The van der Waals surface area contributed by atoms with Gasteiger partial charge < -0.3 is 0 Å². The van der Waals surface area contributed by atoms with E-state index in [1.54, 1.807) is 18.2 Å². The molecule has 19 heavy (non-hydrogen) atoms. The molecule has 0 bridgehead atoms. The number of halogens is 2. The fraction of sp³-hybridized carbons (Fsp3) is 0.429. The molecular formula is C14H16Cl2N2O. The van der Waals surface area contributed by atoms with Crippen molar-refractivity contribution in [1.29, 1.82) is 0 Å². The van der Waals surface area contributed by atoms with Gasteiger partial charge in [-0.3, -0.25) is 4.79 Å². The summed E-state index contributed by atoms with van der Waals surface area (Å²) in [6.07, 6.45) is 4.28. The predicted molar refractivity (Wildman–Crippen MR) is 79.0 cm³/mol. The maximum absolute atomic E-state index is 12.0. The number of hydrazone groups is 1. The minimum atomic E-state index is -0.299. The molecule has 5 heteroatoms. The zero-order valence-corrected chi connectivity index (χ0v) is 12.3. The van der Waals surface area contributed by atoms with Crippen molar-refractivity contribution >= 4 is 34.8 Å². The van der Waals surface area contributed by atoms with Gasteiger partial charge in [-0.05, 0) is 49.8 Å². The zero-order chi connectivity index (χ0) is 13.8. The highest BCUT2D eigenvalue weighted by Gasteiger charge is 2.15. The number of rotatable bonds is 2. The Morgan fingerprint density at radius 3 is 2.89 bits per heavy atom. The highest BCUT2D eigenvalue weighted by Crippen LogP contribution is 2.22. The van der Waals surface area contributed by atoms with Crippen LogP contribution in [0, 0.1) is 5.92 Å². The minimum absolute atomic E-state index is 0.299. The summed E-state index contributed by atoms with van der Waals surface area (Å²) in [5.41, 5.74) is 4.01. The Morgan fingerprint density at radius 2 is 2.21 bits per heavy atom. The van der Waals surface area contributed by atoms with Gasteiger partial charge >= 0.3 is 0 Å². The van der Waals surface area contributed by atoms with E-state index in [1.165, 1.54) is 6.42 Å². The molecule has 1 saturated carbocycles. The summed E-state index contributed by atoms with van der Waals surface area (Å²) < 4.78 is 0. The van der Waals surface area contributed by atoms with E-state index < -0.39 is 0 Å². The van der Waals surface area contributed by atoms with Gasteiger partial charge in [-0.2, -0.15) is 5.10 Å². The summed E-state index contributed by atoms with van der Waals surface area (Å²) in [6.45, 7) is 2.20. The third kappa shape index (κ3) is 3.95. The highest BCUT2D eigenvalue weighted by molar-refractivity contribution is 6.36. The van der Waals surface area contributed by atoms with Crippen molar-refractivity contribution in [3.63, 3.8) is 0 Å². The van der Waals surface area contributed by atoms with Crippen molar-refractivity contribution < 1.29 is 4.79 Å². The zero-order valence-electron chi connectivity index (χ0n) is 10.7. The molecule has 0 radical (unpaired) electrons. The Bertz CT molecular complexity index is 514. The van der Waals surface area contributed by atoms with Gasteiger partial charge in [-0.25, -0.2) is 5.43 Å². The average molecular weight is 299 g/mol. The number of hydrogen-bond acceptors (Lipinski definition) is 2. The molecule has 0 heterocycles. The normalized spacial score (nSPS) is 21.4. The smallest absolute Gasteiger partial charge is 0.267 e. The van der Waals surface area contributed by atoms with E-state index in [0.29, 0.717) is 21.5 Å². The van der Waals surface area contributed by atoms with E-state index in [0.717, 1.165) is 25.0 Å². The van der Waals surface area contributed by atoms with Crippen molar-refractivity contribution in [3.05, 3.63) is 33.8 Å². The van der Waals surface area contributed by atoms with Crippen LogP contribution in [0.5, 0.6) is 0 Å². The molecule has 2 rings (SSSR count). The lowest BCUT2D eigenvalue weighted by atomic mass is 9.89. The molecular weight excluding hydrogens is 283 g/mol. The second-order valence-electron chi connectivity index (χ2n) is 4.94. The average Bonchev–Trinajstić information content (AvgIpc) is 2.36.